The number of piperidine rings is 2. The average molecular weight is 396 g/mol. The van der Waals surface area contributed by atoms with E-state index in [-0.39, 0.29) is 5.92 Å². The molecule has 4 heterocycles. The zero-order valence-electron chi connectivity index (χ0n) is 16.8. The van der Waals surface area contributed by atoms with E-state index in [0.717, 1.165) is 76.1 Å². The third kappa shape index (κ3) is 5.26. The van der Waals surface area contributed by atoms with E-state index < -0.39 is 0 Å². The van der Waals surface area contributed by atoms with Gasteiger partial charge in [-0.2, -0.15) is 0 Å². The highest BCUT2D eigenvalue weighted by Crippen LogP contribution is 2.25. The second kappa shape index (κ2) is 9.26. The third-order valence-corrected chi connectivity index (χ3v) is 6.11. The molecular weight excluding hydrogens is 366 g/mol. The van der Waals surface area contributed by atoms with Crippen molar-refractivity contribution in [2.75, 3.05) is 31.9 Å². The van der Waals surface area contributed by atoms with Gasteiger partial charge >= 0.3 is 0 Å². The molecule has 8 heteroatoms. The summed E-state index contributed by atoms with van der Waals surface area (Å²) in [5, 5.41) is 0. The first kappa shape index (κ1) is 19.7. The molecule has 2 aliphatic rings. The fraction of sp³-hybridized carbons (Fsp3) is 0.571. The fourth-order valence-corrected chi connectivity index (χ4v) is 4.39. The van der Waals surface area contributed by atoms with Crippen molar-refractivity contribution in [3.8, 4) is 0 Å². The summed E-state index contributed by atoms with van der Waals surface area (Å²) in [5.74, 6) is 1.40. The van der Waals surface area contributed by atoms with Gasteiger partial charge in [-0.3, -0.25) is 19.7 Å². The molecule has 1 amide bonds. The summed E-state index contributed by atoms with van der Waals surface area (Å²) in [7, 11) is 0. The first-order valence-electron chi connectivity index (χ1n) is 10.5. The maximum absolute atomic E-state index is 13.0. The van der Waals surface area contributed by atoms with E-state index in [1.54, 1.807) is 24.8 Å². The first-order chi connectivity index (χ1) is 14.2. The number of rotatable bonds is 5. The van der Waals surface area contributed by atoms with Crippen molar-refractivity contribution in [3.05, 3.63) is 42.2 Å². The molecule has 8 nitrogen and oxygen atoms in total. The van der Waals surface area contributed by atoms with Crippen LogP contribution in [-0.2, 0) is 17.8 Å². The van der Waals surface area contributed by atoms with Crippen molar-refractivity contribution in [2.45, 2.75) is 38.6 Å². The summed E-state index contributed by atoms with van der Waals surface area (Å²) in [4.78, 5) is 34.1. The molecule has 2 saturated heterocycles. The summed E-state index contributed by atoms with van der Waals surface area (Å²) >= 11 is 0. The minimum absolute atomic E-state index is 0.158. The van der Waals surface area contributed by atoms with E-state index in [0.29, 0.717) is 17.8 Å². The third-order valence-electron chi connectivity index (χ3n) is 6.11. The number of amides is 1. The number of hydrogen-bond donors (Lipinski definition) is 1. The van der Waals surface area contributed by atoms with Gasteiger partial charge in [0.2, 0.25) is 11.9 Å². The zero-order valence-corrected chi connectivity index (χ0v) is 16.8. The van der Waals surface area contributed by atoms with Crippen LogP contribution in [0.5, 0.6) is 0 Å². The molecule has 0 radical (unpaired) electrons. The Bertz CT molecular complexity index is 782. The molecule has 0 atom stereocenters. The minimum atomic E-state index is 0.158. The molecule has 0 aromatic carbocycles. The van der Waals surface area contributed by atoms with Gasteiger partial charge in [-0.25, -0.2) is 9.97 Å². The number of nitrogens with two attached hydrogens (primary N) is 1. The van der Waals surface area contributed by atoms with Crippen LogP contribution in [0.2, 0.25) is 0 Å². The molecule has 0 spiro atoms. The molecule has 0 unspecified atom stereocenters. The zero-order chi connectivity index (χ0) is 20.1. The van der Waals surface area contributed by atoms with E-state index in [1.807, 2.05) is 6.20 Å². The number of aromatic nitrogens is 4. The monoisotopic (exact) mass is 395 g/mol. The molecule has 154 valence electrons. The Morgan fingerprint density at radius 1 is 0.966 bits per heavy atom. The summed E-state index contributed by atoms with van der Waals surface area (Å²) in [6, 6.07) is 0. The molecule has 4 rings (SSSR count). The topological polar surface area (TPSA) is 101 Å². The quantitative estimate of drug-likeness (QED) is 0.819. The maximum atomic E-state index is 13.0. The second-order valence-corrected chi connectivity index (χ2v) is 8.17. The minimum Gasteiger partial charge on any atom is -0.368 e. The van der Waals surface area contributed by atoms with Gasteiger partial charge in [-0.1, -0.05) is 0 Å². The maximum Gasteiger partial charge on any atom is 0.225 e. The van der Waals surface area contributed by atoms with Gasteiger partial charge in [-0.05, 0) is 51.1 Å². The Labute approximate surface area is 171 Å². The lowest BCUT2D eigenvalue weighted by Crippen LogP contribution is -2.45. The van der Waals surface area contributed by atoms with Crippen molar-refractivity contribution in [3.63, 3.8) is 0 Å². The summed E-state index contributed by atoms with van der Waals surface area (Å²) < 4.78 is 0. The van der Waals surface area contributed by atoms with Crippen LogP contribution in [-0.4, -0.2) is 61.8 Å². The van der Waals surface area contributed by atoms with Crippen molar-refractivity contribution < 1.29 is 4.79 Å². The number of nitrogens with zero attached hydrogens (tertiary/aromatic N) is 6. The number of likely N-dealkylation sites (tertiary alicyclic amines) is 2. The molecule has 2 aromatic heterocycles. The van der Waals surface area contributed by atoms with Crippen LogP contribution in [0.15, 0.2) is 31.0 Å². The molecule has 2 fully saturated rings. The highest BCUT2D eigenvalue weighted by Gasteiger charge is 2.31. The van der Waals surface area contributed by atoms with Crippen molar-refractivity contribution in [1.82, 2.24) is 29.7 Å². The lowest BCUT2D eigenvalue weighted by molar-refractivity contribution is -0.138. The van der Waals surface area contributed by atoms with Crippen LogP contribution < -0.4 is 5.73 Å². The van der Waals surface area contributed by atoms with E-state index in [9.17, 15) is 4.79 Å². The fourth-order valence-electron chi connectivity index (χ4n) is 4.39. The summed E-state index contributed by atoms with van der Waals surface area (Å²) in [6.07, 6.45) is 13.8. The van der Waals surface area contributed by atoms with Gasteiger partial charge in [-0.15, -0.1) is 0 Å². The van der Waals surface area contributed by atoms with Crippen LogP contribution in [0.25, 0.3) is 0 Å². The molecule has 29 heavy (non-hydrogen) atoms. The summed E-state index contributed by atoms with van der Waals surface area (Å²) in [5.41, 5.74) is 7.66. The molecular formula is C21H29N7O. The van der Waals surface area contributed by atoms with Gasteiger partial charge in [0, 0.05) is 62.1 Å². The van der Waals surface area contributed by atoms with Crippen molar-refractivity contribution >= 4 is 11.9 Å². The highest BCUT2D eigenvalue weighted by molar-refractivity contribution is 5.79. The van der Waals surface area contributed by atoms with Crippen molar-refractivity contribution in [2.24, 2.45) is 11.8 Å². The van der Waals surface area contributed by atoms with Crippen LogP contribution in [0.3, 0.4) is 0 Å². The Kier molecular flexibility index (Phi) is 6.29. The van der Waals surface area contributed by atoms with E-state index >= 15 is 0 Å². The number of hydrogen-bond acceptors (Lipinski definition) is 7. The van der Waals surface area contributed by atoms with E-state index in [1.165, 1.54) is 0 Å². The molecule has 2 aliphatic heterocycles. The van der Waals surface area contributed by atoms with Crippen molar-refractivity contribution in [1.29, 1.82) is 0 Å². The van der Waals surface area contributed by atoms with E-state index in [4.69, 9.17) is 5.73 Å². The number of nitrogen functional groups attached to an aromatic ring is 1. The van der Waals surface area contributed by atoms with Crippen LogP contribution in [0, 0.1) is 11.8 Å². The number of carbonyl (C=O) groups excluding carboxylic acids is 1. The standard InChI is InChI=1S/C21H29N7O/c22-21-25-12-17(13-26-21)15-27-7-3-18(4-8-27)20(29)28-9-1-16(2-10-28)11-19-14-23-5-6-24-19/h5-6,12-14,16,18H,1-4,7-11,15H2,(H2,22,25,26). The van der Waals surface area contributed by atoms with E-state index in [2.05, 4.69) is 29.7 Å². The van der Waals surface area contributed by atoms with Crippen LogP contribution >= 0.6 is 0 Å². The van der Waals surface area contributed by atoms with Gasteiger partial charge in [0.1, 0.15) is 0 Å². The SMILES string of the molecule is Nc1ncc(CN2CCC(C(=O)N3CCC(Cc4cnccn4)CC3)CC2)cn1. The molecule has 0 bridgehead atoms. The van der Waals surface area contributed by atoms with Gasteiger partial charge < -0.3 is 10.6 Å². The van der Waals surface area contributed by atoms with Gasteiger partial charge in [0.25, 0.3) is 0 Å². The predicted molar refractivity (Wildman–Crippen MR) is 109 cm³/mol. The summed E-state index contributed by atoms with van der Waals surface area (Å²) in [6.45, 7) is 4.42. The lowest BCUT2D eigenvalue weighted by Gasteiger charge is -2.37. The highest BCUT2D eigenvalue weighted by atomic mass is 16.2. The Morgan fingerprint density at radius 2 is 1.69 bits per heavy atom. The normalized spacial score (nSPS) is 19.4. The van der Waals surface area contributed by atoms with Gasteiger partial charge in [0.15, 0.2) is 0 Å². The Morgan fingerprint density at radius 3 is 2.34 bits per heavy atom. The Hall–Kier alpha value is -2.61. The van der Waals surface area contributed by atoms with Crippen LogP contribution in [0.4, 0.5) is 5.95 Å². The lowest BCUT2D eigenvalue weighted by atomic mass is 9.90. The molecule has 2 aromatic rings. The number of carbonyl (C=O) groups is 1. The largest absolute Gasteiger partial charge is 0.368 e. The average Bonchev–Trinajstić information content (AvgIpc) is 2.77. The predicted octanol–water partition coefficient (Wildman–Crippen LogP) is 1.54. The first-order valence-corrected chi connectivity index (χ1v) is 10.5. The smallest absolute Gasteiger partial charge is 0.225 e. The Balaban J connectivity index is 1.20. The van der Waals surface area contributed by atoms with Crippen LogP contribution in [0.1, 0.15) is 36.9 Å². The molecule has 0 aliphatic carbocycles. The molecule has 2 N–H and O–H groups in total. The molecule has 0 saturated carbocycles. The van der Waals surface area contributed by atoms with Gasteiger partial charge in [0.05, 0.1) is 5.69 Å². The second-order valence-electron chi connectivity index (χ2n) is 8.17. The number of anilines is 1.